The highest BCUT2D eigenvalue weighted by Crippen LogP contribution is 2.32. The first-order chi connectivity index (χ1) is 15.3. The quantitative estimate of drug-likeness (QED) is 0.522. The van der Waals surface area contributed by atoms with E-state index in [1.807, 2.05) is 56.3 Å². The number of pyridine rings is 1. The van der Waals surface area contributed by atoms with Gasteiger partial charge in [0.25, 0.3) is 16.1 Å². The molecule has 1 aliphatic heterocycles. The minimum atomic E-state index is -3.51. The smallest absolute Gasteiger partial charge is 0.282 e. The summed E-state index contributed by atoms with van der Waals surface area (Å²) in [5.74, 6) is -0.118. The molecule has 1 aliphatic rings. The third-order valence-electron chi connectivity index (χ3n) is 5.66. The summed E-state index contributed by atoms with van der Waals surface area (Å²) in [5.41, 5.74) is 2.00. The van der Waals surface area contributed by atoms with Crippen molar-refractivity contribution < 1.29 is 13.2 Å². The molecule has 2 aromatic heterocycles. The molecule has 0 spiro atoms. The average molecular weight is 493 g/mol. The maximum atomic E-state index is 13.5. The van der Waals surface area contributed by atoms with Gasteiger partial charge in [0.2, 0.25) is 0 Å². The Bertz CT molecular complexity index is 1230. The van der Waals surface area contributed by atoms with Crippen LogP contribution in [0.15, 0.2) is 42.5 Å². The molecule has 1 amide bonds. The van der Waals surface area contributed by atoms with Gasteiger partial charge in [0.1, 0.15) is 0 Å². The van der Waals surface area contributed by atoms with Crippen LogP contribution in [0.4, 0.5) is 0 Å². The molecular formula is C22H25ClN4O3S2. The maximum Gasteiger partial charge on any atom is 0.282 e. The van der Waals surface area contributed by atoms with Gasteiger partial charge >= 0.3 is 0 Å². The normalized spacial score (nSPS) is 15.6. The summed E-state index contributed by atoms with van der Waals surface area (Å²) in [7, 11) is -3.51. The molecule has 0 unspecified atom stereocenters. The van der Waals surface area contributed by atoms with Crippen LogP contribution in [0.5, 0.6) is 0 Å². The number of carbonyl (C=O) groups is 1. The van der Waals surface area contributed by atoms with Crippen molar-refractivity contribution in [1.82, 2.24) is 18.5 Å². The molecule has 0 atom stereocenters. The Balaban J connectivity index is 1.61. The van der Waals surface area contributed by atoms with Crippen molar-refractivity contribution >= 4 is 50.0 Å². The molecule has 7 nitrogen and oxygen atoms in total. The van der Waals surface area contributed by atoms with E-state index in [0.29, 0.717) is 41.8 Å². The summed E-state index contributed by atoms with van der Waals surface area (Å²) in [6, 6.07) is 13.1. The number of hydrogen-bond donors (Lipinski definition) is 0. The highest BCUT2D eigenvalue weighted by molar-refractivity contribution is 7.86. The Morgan fingerprint density at radius 2 is 1.78 bits per heavy atom. The fourth-order valence-electron chi connectivity index (χ4n) is 3.94. The Labute approximate surface area is 197 Å². The van der Waals surface area contributed by atoms with Crippen LogP contribution >= 0.6 is 22.9 Å². The fraction of sp³-hybridized carbons (Fsp3) is 0.364. The number of amides is 1. The lowest BCUT2D eigenvalue weighted by Gasteiger charge is -2.36. The first-order valence-electron chi connectivity index (χ1n) is 10.5. The Morgan fingerprint density at radius 3 is 2.41 bits per heavy atom. The molecule has 3 heterocycles. The second-order valence-corrected chi connectivity index (χ2v) is 11.1. The third kappa shape index (κ3) is 4.40. The van der Waals surface area contributed by atoms with E-state index in [9.17, 15) is 13.2 Å². The summed E-state index contributed by atoms with van der Waals surface area (Å²) in [5, 5.41) is 0.780. The zero-order valence-corrected chi connectivity index (χ0v) is 20.4. The standard InChI is InChI=1S/C22H25ClN4O3S2/c1-3-26(4-2)32(29,30)27-13-11-25(12-14-27)22(28)17-15-19(20-9-10-21(23)31-20)24-18-8-6-5-7-16(17)18/h5-10,15H,3-4,11-14H2,1-2H3. The topological polar surface area (TPSA) is 73.8 Å². The van der Waals surface area contributed by atoms with Gasteiger partial charge < -0.3 is 4.90 Å². The monoisotopic (exact) mass is 492 g/mol. The van der Waals surface area contributed by atoms with Crippen LogP contribution in [0, 0.1) is 0 Å². The molecule has 0 aliphatic carbocycles. The van der Waals surface area contributed by atoms with Crippen molar-refractivity contribution in [2.75, 3.05) is 39.3 Å². The van der Waals surface area contributed by atoms with Gasteiger partial charge in [-0.2, -0.15) is 17.0 Å². The highest BCUT2D eigenvalue weighted by atomic mass is 35.5. The second kappa shape index (κ2) is 9.44. The van der Waals surface area contributed by atoms with E-state index < -0.39 is 10.2 Å². The van der Waals surface area contributed by atoms with Gasteiger partial charge in [0, 0.05) is 44.7 Å². The van der Waals surface area contributed by atoms with E-state index in [4.69, 9.17) is 16.6 Å². The molecule has 1 fully saturated rings. The van der Waals surface area contributed by atoms with Crippen LogP contribution in [0.1, 0.15) is 24.2 Å². The van der Waals surface area contributed by atoms with E-state index in [2.05, 4.69) is 0 Å². The van der Waals surface area contributed by atoms with E-state index >= 15 is 0 Å². The first-order valence-corrected chi connectivity index (χ1v) is 13.1. The predicted octanol–water partition coefficient (Wildman–Crippen LogP) is 3.96. The number of benzene rings is 1. The maximum absolute atomic E-state index is 13.5. The number of carbonyl (C=O) groups excluding carboxylic acids is 1. The number of aromatic nitrogens is 1. The number of rotatable bonds is 6. The van der Waals surface area contributed by atoms with Crippen LogP contribution in [-0.2, 0) is 10.2 Å². The molecule has 1 saturated heterocycles. The number of piperazine rings is 1. The minimum Gasteiger partial charge on any atom is -0.336 e. The molecule has 4 rings (SSSR count). The lowest BCUT2D eigenvalue weighted by molar-refractivity contribution is 0.0696. The average Bonchev–Trinajstić information content (AvgIpc) is 3.25. The summed E-state index contributed by atoms with van der Waals surface area (Å²) < 4.78 is 29.2. The molecule has 170 valence electrons. The lowest BCUT2D eigenvalue weighted by atomic mass is 10.1. The van der Waals surface area contributed by atoms with Crippen LogP contribution in [0.25, 0.3) is 21.5 Å². The summed E-state index contributed by atoms with van der Waals surface area (Å²) in [6.45, 7) is 5.75. The molecule has 0 N–H and O–H groups in total. The largest absolute Gasteiger partial charge is 0.336 e. The van der Waals surface area contributed by atoms with Crippen molar-refractivity contribution in [2.45, 2.75) is 13.8 Å². The molecule has 1 aromatic carbocycles. The molecule has 3 aromatic rings. The molecular weight excluding hydrogens is 468 g/mol. The van der Waals surface area contributed by atoms with Crippen LogP contribution < -0.4 is 0 Å². The van der Waals surface area contributed by atoms with Crippen molar-refractivity contribution in [2.24, 2.45) is 0 Å². The van der Waals surface area contributed by atoms with Crippen molar-refractivity contribution in [3.05, 3.63) is 52.4 Å². The predicted molar refractivity (Wildman–Crippen MR) is 129 cm³/mol. The van der Waals surface area contributed by atoms with Crippen LogP contribution in [0.3, 0.4) is 0 Å². The molecule has 0 radical (unpaired) electrons. The second-order valence-electron chi connectivity index (χ2n) is 7.46. The summed E-state index contributed by atoms with van der Waals surface area (Å²) in [6.07, 6.45) is 0. The Kier molecular flexibility index (Phi) is 6.83. The SMILES string of the molecule is CCN(CC)S(=O)(=O)N1CCN(C(=O)c2cc(-c3ccc(Cl)s3)nc3ccccc23)CC1. The summed E-state index contributed by atoms with van der Waals surface area (Å²) >= 11 is 7.52. The van der Waals surface area contributed by atoms with Gasteiger partial charge in [-0.25, -0.2) is 4.98 Å². The van der Waals surface area contributed by atoms with Gasteiger partial charge in [0.15, 0.2) is 0 Å². The van der Waals surface area contributed by atoms with E-state index in [0.717, 1.165) is 15.8 Å². The van der Waals surface area contributed by atoms with Crippen molar-refractivity contribution in [3.8, 4) is 10.6 Å². The number of thiophene rings is 1. The summed E-state index contributed by atoms with van der Waals surface area (Å²) in [4.78, 5) is 20.8. The third-order valence-corrected chi connectivity index (χ3v) is 9.10. The fourth-order valence-corrected chi connectivity index (χ4v) is 6.54. The highest BCUT2D eigenvalue weighted by Gasteiger charge is 2.32. The zero-order chi connectivity index (χ0) is 22.9. The van der Waals surface area contributed by atoms with Gasteiger partial charge in [-0.3, -0.25) is 4.79 Å². The van der Waals surface area contributed by atoms with Crippen molar-refractivity contribution in [3.63, 3.8) is 0 Å². The zero-order valence-electron chi connectivity index (χ0n) is 18.0. The van der Waals surface area contributed by atoms with Crippen LogP contribution in [-0.4, -0.2) is 72.1 Å². The van der Waals surface area contributed by atoms with Gasteiger partial charge in [-0.15, -0.1) is 11.3 Å². The van der Waals surface area contributed by atoms with E-state index in [-0.39, 0.29) is 19.0 Å². The van der Waals surface area contributed by atoms with Crippen LogP contribution in [0.2, 0.25) is 4.34 Å². The molecule has 0 bridgehead atoms. The number of halogens is 1. The lowest BCUT2D eigenvalue weighted by Crippen LogP contribution is -2.54. The number of para-hydroxylation sites is 1. The minimum absolute atomic E-state index is 0.118. The molecule has 0 saturated carbocycles. The van der Waals surface area contributed by atoms with E-state index in [1.54, 1.807) is 4.90 Å². The molecule has 10 heteroatoms. The van der Waals surface area contributed by atoms with E-state index in [1.165, 1.54) is 19.9 Å². The van der Waals surface area contributed by atoms with Crippen molar-refractivity contribution in [1.29, 1.82) is 0 Å². The number of hydrogen-bond acceptors (Lipinski definition) is 5. The number of nitrogens with zero attached hydrogens (tertiary/aromatic N) is 4. The first kappa shape index (κ1) is 23.1. The molecule has 32 heavy (non-hydrogen) atoms. The number of fused-ring (bicyclic) bond motifs is 1. The van der Waals surface area contributed by atoms with Gasteiger partial charge in [-0.1, -0.05) is 43.6 Å². The Morgan fingerprint density at radius 1 is 1.09 bits per heavy atom. The Hall–Kier alpha value is -2.04. The van der Waals surface area contributed by atoms with Gasteiger partial charge in [-0.05, 0) is 24.3 Å². The van der Waals surface area contributed by atoms with Gasteiger partial charge in [0.05, 0.1) is 26.0 Å².